The van der Waals surface area contributed by atoms with E-state index in [1.165, 1.54) is 13.5 Å². The molecule has 2 heterocycles. The second-order valence-corrected chi connectivity index (χ2v) is 9.98. The molecule has 1 saturated carbocycles. The first kappa shape index (κ1) is 24.7. The molecular weight excluding hydrogens is 432 g/mol. The van der Waals surface area contributed by atoms with E-state index in [1.54, 1.807) is 18.2 Å². The minimum atomic E-state index is -1.52. The third-order valence-electron chi connectivity index (χ3n) is 7.21. The number of aliphatic hydroxyl groups excluding tert-OH is 4. The molecule has 2 saturated heterocycles. The highest BCUT2D eigenvalue weighted by Crippen LogP contribution is 2.47. The third kappa shape index (κ3) is 4.86. The van der Waals surface area contributed by atoms with Crippen molar-refractivity contribution >= 4 is 0 Å². The monoisotopic (exact) mass is 468 g/mol. The van der Waals surface area contributed by atoms with Crippen LogP contribution in [0.3, 0.4) is 0 Å². The molecule has 4 N–H and O–H groups in total. The number of ether oxygens (including phenoxy) is 5. The highest BCUT2D eigenvalue weighted by molar-refractivity contribution is 5.43. The molecule has 0 spiro atoms. The van der Waals surface area contributed by atoms with Gasteiger partial charge in [0.05, 0.1) is 25.4 Å². The molecular formula is C24H36O9. The molecule has 0 aromatic heterocycles. The van der Waals surface area contributed by atoms with Crippen LogP contribution in [0.5, 0.6) is 11.5 Å². The Morgan fingerprint density at radius 2 is 1.79 bits per heavy atom. The number of fused-ring (bicyclic) bond motifs is 1. The standard InChI is InChI=1S/C24H36O9/c1-12-5-7-14-16(9-12)31-22(33-24(14,2)3)13-6-8-15(17(10-13)29-4)30-23-21(28)20(27)19(26)18(11-25)32-23/h6,8,10,12,14,16,18-23,25-28H,5,7,9,11H2,1-4H3/t12-,14?,16-,18+,19+,20-,21+,22?,23+/m0/s1. The number of aliphatic hydroxyl groups is 4. The Hall–Kier alpha value is -1.46. The zero-order valence-electron chi connectivity index (χ0n) is 19.6. The second-order valence-electron chi connectivity index (χ2n) is 9.98. The molecule has 1 aliphatic carbocycles. The highest BCUT2D eigenvalue weighted by Gasteiger charge is 2.48. The van der Waals surface area contributed by atoms with Gasteiger partial charge in [-0.3, -0.25) is 0 Å². The first-order valence-electron chi connectivity index (χ1n) is 11.6. The van der Waals surface area contributed by atoms with E-state index in [2.05, 4.69) is 20.8 Å². The van der Waals surface area contributed by atoms with Crippen molar-refractivity contribution in [1.29, 1.82) is 0 Å². The van der Waals surface area contributed by atoms with Gasteiger partial charge in [-0.25, -0.2) is 0 Å². The van der Waals surface area contributed by atoms with Crippen LogP contribution in [0.2, 0.25) is 0 Å². The Bertz CT molecular complexity index is 813. The van der Waals surface area contributed by atoms with Crippen LogP contribution < -0.4 is 9.47 Å². The Morgan fingerprint density at radius 1 is 1.03 bits per heavy atom. The Balaban J connectivity index is 1.52. The molecule has 9 heteroatoms. The van der Waals surface area contributed by atoms with E-state index in [0.29, 0.717) is 17.6 Å². The van der Waals surface area contributed by atoms with Crippen molar-refractivity contribution in [2.45, 2.75) is 88.7 Å². The molecule has 1 aromatic rings. The molecule has 0 bridgehead atoms. The number of methoxy groups -OCH3 is 1. The largest absolute Gasteiger partial charge is 0.493 e. The topological polar surface area (TPSA) is 127 Å². The number of rotatable bonds is 5. The molecule has 1 aromatic carbocycles. The van der Waals surface area contributed by atoms with Crippen LogP contribution in [0, 0.1) is 11.8 Å². The van der Waals surface area contributed by atoms with Crippen LogP contribution in [0.1, 0.15) is 51.9 Å². The zero-order chi connectivity index (χ0) is 23.9. The van der Waals surface area contributed by atoms with Crippen molar-refractivity contribution in [2.24, 2.45) is 11.8 Å². The van der Waals surface area contributed by atoms with Crippen molar-refractivity contribution < 1.29 is 44.1 Å². The van der Waals surface area contributed by atoms with Crippen LogP contribution in [-0.2, 0) is 14.2 Å². The Morgan fingerprint density at radius 3 is 2.48 bits per heavy atom. The summed E-state index contributed by atoms with van der Waals surface area (Å²) >= 11 is 0. The maximum Gasteiger partial charge on any atom is 0.229 e. The summed E-state index contributed by atoms with van der Waals surface area (Å²) in [6.07, 6.45) is -4.01. The molecule has 2 unspecified atom stereocenters. The summed E-state index contributed by atoms with van der Waals surface area (Å²) in [6.45, 7) is 5.95. The lowest BCUT2D eigenvalue weighted by Gasteiger charge is -2.50. The average molecular weight is 469 g/mol. The van der Waals surface area contributed by atoms with E-state index in [0.717, 1.165) is 18.4 Å². The smallest absolute Gasteiger partial charge is 0.229 e. The summed E-state index contributed by atoms with van der Waals surface area (Å²) in [6, 6.07) is 5.22. The van der Waals surface area contributed by atoms with Gasteiger partial charge in [-0.05, 0) is 50.8 Å². The van der Waals surface area contributed by atoms with E-state index in [9.17, 15) is 20.4 Å². The maximum absolute atomic E-state index is 10.3. The summed E-state index contributed by atoms with van der Waals surface area (Å²) in [5.74, 6) is 1.60. The van der Waals surface area contributed by atoms with Crippen LogP contribution >= 0.6 is 0 Å². The van der Waals surface area contributed by atoms with Gasteiger partial charge >= 0.3 is 0 Å². The van der Waals surface area contributed by atoms with Gasteiger partial charge in [0.2, 0.25) is 6.29 Å². The Kier molecular flexibility index (Phi) is 7.21. The van der Waals surface area contributed by atoms with E-state index >= 15 is 0 Å². The lowest BCUT2D eigenvalue weighted by atomic mass is 9.72. The summed E-state index contributed by atoms with van der Waals surface area (Å²) in [7, 11) is 1.49. The quantitative estimate of drug-likeness (QED) is 0.508. The minimum absolute atomic E-state index is 0.124. The van der Waals surface area contributed by atoms with Crippen molar-refractivity contribution in [3.05, 3.63) is 23.8 Å². The molecule has 2 aliphatic heterocycles. The maximum atomic E-state index is 10.3. The van der Waals surface area contributed by atoms with Gasteiger partial charge in [-0.2, -0.15) is 0 Å². The first-order valence-corrected chi connectivity index (χ1v) is 11.6. The molecule has 3 aliphatic rings. The molecule has 0 amide bonds. The SMILES string of the molecule is COc1cc(C2O[C@H]3C[C@@H](C)CCC3C(C)(C)O2)ccc1O[C@@H]1O[C@H](CO)[C@@H](O)[C@H](O)[C@H]1O. The zero-order valence-corrected chi connectivity index (χ0v) is 19.6. The lowest BCUT2D eigenvalue weighted by molar-refractivity contribution is -0.314. The molecule has 186 valence electrons. The minimum Gasteiger partial charge on any atom is -0.493 e. The predicted molar refractivity (Wildman–Crippen MR) is 117 cm³/mol. The molecule has 3 fully saturated rings. The van der Waals surface area contributed by atoms with Gasteiger partial charge in [0.15, 0.2) is 17.8 Å². The summed E-state index contributed by atoms with van der Waals surface area (Å²) in [4.78, 5) is 0. The number of hydrogen-bond donors (Lipinski definition) is 4. The molecule has 9 atom stereocenters. The Labute approximate surface area is 194 Å². The van der Waals surface area contributed by atoms with Crippen molar-refractivity contribution in [1.82, 2.24) is 0 Å². The van der Waals surface area contributed by atoms with E-state index in [4.69, 9.17) is 23.7 Å². The van der Waals surface area contributed by atoms with Gasteiger partial charge in [0.1, 0.15) is 24.4 Å². The highest BCUT2D eigenvalue weighted by atomic mass is 16.7. The fourth-order valence-electron chi connectivity index (χ4n) is 5.19. The third-order valence-corrected chi connectivity index (χ3v) is 7.21. The molecule has 9 nitrogen and oxygen atoms in total. The average Bonchev–Trinajstić information content (AvgIpc) is 2.78. The van der Waals surface area contributed by atoms with Crippen LogP contribution in [0.15, 0.2) is 18.2 Å². The summed E-state index contributed by atoms with van der Waals surface area (Å²) in [5, 5.41) is 39.6. The first-order chi connectivity index (χ1) is 15.6. The van der Waals surface area contributed by atoms with E-state index in [-0.39, 0.29) is 17.5 Å². The van der Waals surface area contributed by atoms with Gasteiger partial charge < -0.3 is 44.1 Å². The number of benzene rings is 1. The van der Waals surface area contributed by atoms with E-state index in [1.807, 2.05) is 0 Å². The number of hydrogen-bond acceptors (Lipinski definition) is 9. The normalized spacial score (nSPS) is 40.7. The van der Waals surface area contributed by atoms with Crippen molar-refractivity contribution in [3.63, 3.8) is 0 Å². The summed E-state index contributed by atoms with van der Waals surface area (Å²) in [5.41, 5.74) is 0.449. The lowest BCUT2D eigenvalue weighted by Crippen LogP contribution is -2.60. The molecule has 0 radical (unpaired) electrons. The van der Waals surface area contributed by atoms with Gasteiger partial charge in [-0.15, -0.1) is 0 Å². The summed E-state index contributed by atoms with van der Waals surface area (Å²) < 4.78 is 29.4. The second kappa shape index (κ2) is 9.65. The van der Waals surface area contributed by atoms with Crippen molar-refractivity contribution in [2.75, 3.05) is 13.7 Å². The fourth-order valence-corrected chi connectivity index (χ4v) is 5.19. The van der Waals surface area contributed by atoms with Gasteiger partial charge in [0, 0.05) is 11.5 Å². The van der Waals surface area contributed by atoms with Gasteiger partial charge in [0.25, 0.3) is 0 Å². The van der Waals surface area contributed by atoms with Crippen LogP contribution in [-0.4, -0.2) is 76.6 Å². The molecule has 33 heavy (non-hydrogen) atoms. The van der Waals surface area contributed by atoms with Crippen LogP contribution in [0.4, 0.5) is 0 Å². The van der Waals surface area contributed by atoms with Crippen LogP contribution in [0.25, 0.3) is 0 Å². The predicted octanol–water partition coefficient (Wildman–Crippen LogP) is 1.50. The van der Waals surface area contributed by atoms with E-state index < -0.39 is 43.6 Å². The van der Waals surface area contributed by atoms with Gasteiger partial charge in [-0.1, -0.05) is 13.3 Å². The van der Waals surface area contributed by atoms with Crippen molar-refractivity contribution in [3.8, 4) is 11.5 Å². The molecule has 4 rings (SSSR count). The fraction of sp³-hybridized carbons (Fsp3) is 0.750.